The van der Waals surface area contributed by atoms with Gasteiger partial charge < -0.3 is 19.3 Å². The molecule has 0 unspecified atom stereocenters. The number of carbonyl (C=O) groups is 3. The van der Waals surface area contributed by atoms with Gasteiger partial charge in [0, 0.05) is 45.0 Å². The van der Waals surface area contributed by atoms with Crippen LogP contribution in [-0.2, 0) is 27.4 Å². The minimum absolute atomic E-state index is 0.0422. The van der Waals surface area contributed by atoms with Crippen LogP contribution in [0.4, 0.5) is 10.5 Å². The monoisotopic (exact) mass is 592 g/mol. The fraction of sp³-hybridized carbons (Fsp3) is 0.500. The third-order valence-electron chi connectivity index (χ3n) is 7.20. The number of hydrogen-bond donors (Lipinski definition) is 1. The first-order valence-corrected chi connectivity index (χ1v) is 14.4. The molecule has 11 heteroatoms. The number of fused-ring (bicyclic) bond motifs is 1. The summed E-state index contributed by atoms with van der Waals surface area (Å²) in [5, 5.41) is 16.0. The van der Waals surface area contributed by atoms with Crippen LogP contribution in [0, 0.1) is 18.3 Å². The number of hydrogen-bond acceptors (Lipinski definition) is 8. The van der Waals surface area contributed by atoms with Gasteiger partial charge >= 0.3 is 6.09 Å². The molecule has 2 aromatic rings. The molecular formula is C32H44N6O5. The molecule has 0 atom stereocenters. The molecule has 0 aliphatic carbocycles. The van der Waals surface area contributed by atoms with Crippen molar-refractivity contribution in [2.45, 2.75) is 66.3 Å². The molecule has 1 N–H and O–H groups in total. The number of aryl methyl sites for hydroxylation is 1. The van der Waals surface area contributed by atoms with E-state index in [4.69, 9.17) is 9.47 Å². The molecule has 3 amide bonds. The summed E-state index contributed by atoms with van der Waals surface area (Å²) >= 11 is 0. The summed E-state index contributed by atoms with van der Waals surface area (Å²) in [6, 6.07) is 13.0. The second-order valence-corrected chi connectivity index (χ2v) is 11.9. The number of likely N-dealkylation sites (N-methyl/N-ethyl adjacent to an activating group) is 1. The number of carbonyl (C=O) groups excluding carboxylic acids is 3. The number of amides is 3. The van der Waals surface area contributed by atoms with Gasteiger partial charge in [-0.2, -0.15) is 5.26 Å². The lowest BCUT2D eigenvalue weighted by molar-refractivity contribution is -0.145. The van der Waals surface area contributed by atoms with Crippen LogP contribution in [0.25, 0.3) is 0 Å². The SMILES string of the molecule is COc1ccc2c(c1)CN(N(C)C(=O)CNCC(=O)N(CCN(C(=O)OC(C)(C)C)C(C)C)c1cc(C#N)ccc1C)C2. The fourth-order valence-electron chi connectivity index (χ4n) is 4.77. The Kier molecular flexibility index (Phi) is 11.1. The molecule has 232 valence electrons. The average Bonchev–Trinajstić information content (AvgIpc) is 3.37. The number of hydrazine groups is 1. The predicted octanol–water partition coefficient (Wildman–Crippen LogP) is 3.83. The molecule has 43 heavy (non-hydrogen) atoms. The lowest BCUT2D eigenvalue weighted by Crippen LogP contribution is -2.49. The molecule has 0 radical (unpaired) electrons. The van der Waals surface area contributed by atoms with Gasteiger partial charge in [-0.15, -0.1) is 0 Å². The topological polar surface area (TPSA) is 118 Å². The van der Waals surface area contributed by atoms with Crippen LogP contribution in [0.3, 0.4) is 0 Å². The first-order valence-electron chi connectivity index (χ1n) is 14.4. The highest BCUT2D eigenvalue weighted by atomic mass is 16.6. The van der Waals surface area contributed by atoms with Crippen LogP contribution in [0.5, 0.6) is 5.75 Å². The van der Waals surface area contributed by atoms with Crippen molar-refractivity contribution in [1.29, 1.82) is 5.26 Å². The molecule has 2 aromatic carbocycles. The van der Waals surface area contributed by atoms with Crippen LogP contribution in [0.15, 0.2) is 36.4 Å². The maximum Gasteiger partial charge on any atom is 0.410 e. The summed E-state index contributed by atoms with van der Waals surface area (Å²) in [7, 11) is 3.34. The van der Waals surface area contributed by atoms with Gasteiger partial charge in [0.15, 0.2) is 0 Å². The van der Waals surface area contributed by atoms with E-state index in [1.807, 2.05) is 44.0 Å². The molecule has 3 rings (SSSR count). The fourth-order valence-corrected chi connectivity index (χ4v) is 4.77. The van der Waals surface area contributed by atoms with E-state index in [-0.39, 0.29) is 44.0 Å². The van der Waals surface area contributed by atoms with Gasteiger partial charge in [0.2, 0.25) is 5.91 Å². The Hall–Kier alpha value is -4.14. The van der Waals surface area contributed by atoms with E-state index >= 15 is 0 Å². The van der Waals surface area contributed by atoms with Gasteiger partial charge in [0.1, 0.15) is 11.4 Å². The smallest absolute Gasteiger partial charge is 0.410 e. The number of nitrogens with one attached hydrogen (secondary N) is 1. The van der Waals surface area contributed by atoms with E-state index in [0.29, 0.717) is 24.3 Å². The van der Waals surface area contributed by atoms with Gasteiger partial charge in [-0.25, -0.2) is 9.80 Å². The summed E-state index contributed by atoms with van der Waals surface area (Å²) in [4.78, 5) is 42.6. The molecule has 0 bridgehead atoms. The highest BCUT2D eigenvalue weighted by Gasteiger charge is 2.28. The molecule has 1 aliphatic heterocycles. The van der Waals surface area contributed by atoms with Crippen molar-refractivity contribution in [1.82, 2.24) is 20.2 Å². The molecule has 0 saturated carbocycles. The van der Waals surface area contributed by atoms with Gasteiger partial charge in [0.05, 0.1) is 31.8 Å². The first-order chi connectivity index (χ1) is 20.2. The van der Waals surface area contributed by atoms with Crippen LogP contribution >= 0.6 is 0 Å². The van der Waals surface area contributed by atoms with E-state index in [0.717, 1.165) is 22.4 Å². The van der Waals surface area contributed by atoms with Gasteiger partial charge in [-0.05, 0) is 82.5 Å². The summed E-state index contributed by atoms with van der Waals surface area (Å²) in [6.07, 6.45) is -0.466. The zero-order valence-electron chi connectivity index (χ0n) is 26.6. The van der Waals surface area contributed by atoms with Crippen molar-refractivity contribution in [2.75, 3.05) is 45.2 Å². The van der Waals surface area contributed by atoms with Crippen molar-refractivity contribution < 1.29 is 23.9 Å². The average molecular weight is 593 g/mol. The highest BCUT2D eigenvalue weighted by molar-refractivity contribution is 5.96. The second-order valence-electron chi connectivity index (χ2n) is 11.9. The third kappa shape index (κ3) is 8.92. The molecule has 0 saturated heterocycles. The Morgan fingerprint density at radius 2 is 1.70 bits per heavy atom. The Bertz CT molecular complexity index is 1360. The largest absolute Gasteiger partial charge is 0.497 e. The summed E-state index contributed by atoms with van der Waals surface area (Å²) in [6.45, 7) is 12.5. The van der Waals surface area contributed by atoms with Crippen molar-refractivity contribution in [3.8, 4) is 11.8 Å². The molecule has 1 aliphatic rings. The van der Waals surface area contributed by atoms with Crippen molar-refractivity contribution in [3.05, 3.63) is 58.7 Å². The normalized spacial score (nSPS) is 12.8. The van der Waals surface area contributed by atoms with E-state index in [1.54, 1.807) is 67.9 Å². The minimum atomic E-state index is -0.661. The summed E-state index contributed by atoms with van der Waals surface area (Å²) in [5.41, 5.74) is 3.38. The van der Waals surface area contributed by atoms with Crippen molar-refractivity contribution in [2.24, 2.45) is 0 Å². The van der Waals surface area contributed by atoms with Gasteiger partial charge in [0.25, 0.3) is 5.91 Å². The first kappa shape index (κ1) is 33.4. The third-order valence-corrected chi connectivity index (χ3v) is 7.20. The number of methoxy groups -OCH3 is 1. The number of anilines is 1. The quantitative estimate of drug-likeness (QED) is 0.418. The number of benzene rings is 2. The molecule has 0 spiro atoms. The molecule has 0 fully saturated rings. The van der Waals surface area contributed by atoms with Crippen LogP contribution in [0.2, 0.25) is 0 Å². The maximum atomic E-state index is 13.6. The summed E-state index contributed by atoms with van der Waals surface area (Å²) < 4.78 is 10.9. The number of nitriles is 1. The maximum absolute atomic E-state index is 13.6. The lowest BCUT2D eigenvalue weighted by atomic mass is 10.1. The Balaban J connectivity index is 1.67. The zero-order chi connectivity index (χ0) is 31.9. The Morgan fingerprint density at radius 1 is 1.02 bits per heavy atom. The van der Waals surface area contributed by atoms with E-state index in [1.165, 1.54) is 0 Å². The van der Waals surface area contributed by atoms with Gasteiger partial charge in [-0.3, -0.25) is 19.9 Å². The zero-order valence-corrected chi connectivity index (χ0v) is 26.6. The number of rotatable bonds is 11. The lowest BCUT2D eigenvalue weighted by Gasteiger charge is -2.33. The molecule has 11 nitrogen and oxygen atoms in total. The van der Waals surface area contributed by atoms with Gasteiger partial charge in [-0.1, -0.05) is 12.1 Å². The Morgan fingerprint density at radius 3 is 2.33 bits per heavy atom. The molecule has 0 aromatic heterocycles. The highest BCUT2D eigenvalue weighted by Crippen LogP contribution is 2.27. The second kappa shape index (κ2) is 14.4. The molecular weight excluding hydrogens is 548 g/mol. The number of nitrogens with zero attached hydrogens (tertiary/aromatic N) is 5. The van der Waals surface area contributed by atoms with E-state index in [9.17, 15) is 19.6 Å². The van der Waals surface area contributed by atoms with E-state index < -0.39 is 11.7 Å². The van der Waals surface area contributed by atoms with E-state index in [2.05, 4.69) is 11.4 Å². The van der Waals surface area contributed by atoms with Crippen LogP contribution in [-0.4, -0.2) is 84.8 Å². The Labute approximate surface area is 254 Å². The van der Waals surface area contributed by atoms with Crippen LogP contribution < -0.4 is 15.0 Å². The predicted molar refractivity (Wildman–Crippen MR) is 164 cm³/mol. The van der Waals surface area contributed by atoms with Crippen LogP contribution in [0.1, 0.15) is 56.9 Å². The standard InChI is InChI=1S/C32H44N6O5/c1-22(2)37(31(41)43-32(4,5)6)13-14-38(28-15-24(17-33)10-9-23(28)3)30(40)19-34-18-29(39)35(7)36-20-25-11-12-27(42-8)16-26(25)21-36/h9-12,15-16,22,34H,13-14,18-21H2,1-8H3. The van der Waals surface area contributed by atoms with Crippen molar-refractivity contribution >= 4 is 23.6 Å². The number of ether oxygens (including phenoxy) is 2. The molecule has 1 heterocycles. The minimum Gasteiger partial charge on any atom is -0.497 e. The van der Waals surface area contributed by atoms with Crippen molar-refractivity contribution in [3.63, 3.8) is 0 Å². The summed E-state index contributed by atoms with van der Waals surface area (Å²) in [5.74, 6) is 0.303.